The van der Waals surface area contributed by atoms with E-state index in [0.717, 1.165) is 11.8 Å². The molecule has 0 aromatic carbocycles. The Kier molecular flexibility index (Phi) is 1.67. The van der Waals surface area contributed by atoms with E-state index >= 15 is 0 Å². The highest BCUT2D eigenvalue weighted by Gasteiger charge is 2.25. The van der Waals surface area contributed by atoms with Gasteiger partial charge in [0.15, 0.2) is 0 Å². The lowest BCUT2D eigenvalue weighted by Crippen LogP contribution is -2.03. The maximum absolute atomic E-state index is 10.2. The van der Waals surface area contributed by atoms with Crippen LogP contribution in [0.5, 0.6) is 0 Å². The van der Waals surface area contributed by atoms with Crippen LogP contribution in [0.25, 0.3) is 0 Å². The minimum absolute atomic E-state index is 0.0324. The molecule has 0 aromatic rings. The van der Waals surface area contributed by atoms with Crippen molar-refractivity contribution in [3.8, 4) is 0 Å². The molecular formula is C5H6N2O2S. The first-order chi connectivity index (χ1) is 4.63. The molecule has 1 rings (SSSR count). The van der Waals surface area contributed by atoms with Crippen LogP contribution in [0.1, 0.15) is 0 Å². The average Bonchev–Trinajstić information content (AvgIpc) is 2.14. The highest BCUT2D eigenvalue weighted by atomic mass is 32.2. The minimum atomic E-state index is -0.474. The van der Waals surface area contributed by atoms with E-state index < -0.39 is 4.92 Å². The lowest BCUT2D eigenvalue weighted by Gasteiger charge is -1.89. The largest absolute Gasteiger partial charge is 0.392 e. The topological polar surface area (TPSA) is 69.2 Å². The Balaban J connectivity index is 2.96. The Morgan fingerprint density at radius 2 is 2.40 bits per heavy atom. The highest BCUT2D eigenvalue weighted by Crippen LogP contribution is 2.31. The number of thioether (sulfide) groups is 1. The lowest BCUT2D eigenvalue weighted by atomic mass is 10.3. The number of rotatable bonds is 1. The summed E-state index contributed by atoms with van der Waals surface area (Å²) in [5.41, 5.74) is 6.22. The van der Waals surface area contributed by atoms with Gasteiger partial charge < -0.3 is 5.73 Å². The van der Waals surface area contributed by atoms with E-state index in [-0.39, 0.29) is 10.7 Å². The zero-order valence-electron chi connectivity index (χ0n) is 5.16. The Hall–Kier alpha value is -0.970. The highest BCUT2D eigenvalue weighted by molar-refractivity contribution is 8.03. The molecule has 2 N–H and O–H groups in total. The predicted molar refractivity (Wildman–Crippen MR) is 39.8 cm³/mol. The van der Waals surface area contributed by atoms with E-state index in [2.05, 4.69) is 6.58 Å². The third-order valence-electron chi connectivity index (χ3n) is 1.16. The second-order valence-electron chi connectivity index (χ2n) is 1.87. The van der Waals surface area contributed by atoms with Gasteiger partial charge in [0.1, 0.15) is 5.70 Å². The van der Waals surface area contributed by atoms with E-state index in [1.807, 2.05) is 0 Å². The summed E-state index contributed by atoms with van der Waals surface area (Å²) in [7, 11) is 0. The molecule has 5 heteroatoms. The van der Waals surface area contributed by atoms with Gasteiger partial charge in [-0.1, -0.05) is 6.58 Å². The maximum Gasteiger partial charge on any atom is 0.326 e. The van der Waals surface area contributed by atoms with Gasteiger partial charge >= 0.3 is 5.03 Å². The van der Waals surface area contributed by atoms with Crippen LogP contribution in [0.3, 0.4) is 0 Å². The molecule has 10 heavy (non-hydrogen) atoms. The van der Waals surface area contributed by atoms with E-state index in [1.54, 1.807) is 0 Å². The minimum Gasteiger partial charge on any atom is -0.392 e. The average molecular weight is 158 g/mol. The van der Waals surface area contributed by atoms with Gasteiger partial charge in [0, 0.05) is 5.75 Å². The summed E-state index contributed by atoms with van der Waals surface area (Å²) in [5.74, 6) is 0.544. The van der Waals surface area contributed by atoms with Crippen LogP contribution in [0.15, 0.2) is 22.9 Å². The molecule has 0 saturated heterocycles. The smallest absolute Gasteiger partial charge is 0.326 e. The second-order valence-corrected chi connectivity index (χ2v) is 2.83. The summed E-state index contributed by atoms with van der Waals surface area (Å²) in [6.07, 6.45) is 0. The van der Waals surface area contributed by atoms with Gasteiger partial charge in [0.05, 0.1) is 4.92 Å². The van der Waals surface area contributed by atoms with Crippen molar-refractivity contribution in [2.75, 3.05) is 5.75 Å². The normalized spacial score (nSPS) is 18.2. The van der Waals surface area contributed by atoms with Gasteiger partial charge in [-0.2, -0.15) is 0 Å². The summed E-state index contributed by atoms with van der Waals surface area (Å²) in [6, 6.07) is 0. The number of hydrogen-bond donors (Lipinski definition) is 1. The number of hydrogen-bond acceptors (Lipinski definition) is 4. The van der Waals surface area contributed by atoms with Gasteiger partial charge in [0.25, 0.3) is 0 Å². The number of nitrogens with zero attached hydrogens (tertiary/aromatic N) is 1. The van der Waals surface area contributed by atoms with Crippen molar-refractivity contribution in [2.24, 2.45) is 5.73 Å². The fraction of sp³-hybridized carbons (Fsp3) is 0.200. The van der Waals surface area contributed by atoms with Crippen LogP contribution < -0.4 is 5.73 Å². The second kappa shape index (κ2) is 2.34. The zero-order valence-corrected chi connectivity index (χ0v) is 5.98. The van der Waals surface area contributed by atoms with Crippen LogP contribution in [-0.2, 0) is 0 Å². The molecule has 0 unspecified atom stereocenters. The van der Waals surface area contributed by atoms with Crippen LogP contribution >= 0.6 is 11.8 Å². The molecule has 0 aliphatic carbocycles. The van der Waals surface area contributed by atoms with Crippen LogP contribution in [-0.4, -0.2) is 10.7 Å². The predicted octanol–water partition coefficient (Wildman–Crippen LogP) is 0.694. The molecule has 0 radical (unpaired) electrons. The molecule has 0 amide bonds. The fourth-order valence-electron chi connectivity index (χ4n) is 0.613. The summed E-state index contributed by atoms with van der Waals surface area (Å²) in [5, 5.41) is 10.2. The first kappa shape index (κ1) is 7.14. The zero-order chi connectivity index (χ0) is 7.72. The van der Waals surface area contributed by atoms with Crippen molar-refractivity contribution in [1.82, 2.24) is 0 Å². The van der Waals surface area contributed by atoms with E-state index in [1.165, 1.54) is 0 Å². The monoisotopic (exact) mass is 158 g/mol. The summed E-state index contributed by atoms with van der Waals surface area (Å²) in [6.45, 7) is 3.56. The number of nitrogens with two attached hydrogens (primary N) is 1. The van der Waals surface area contributed by atoms with Gasteiger partial charge in [-0.05, 0) is 17.3 Å². The van der Waals surface area contributed by atoms with Gasteiger partial charge in [-0.25, -0.2) is 0 Å². The quantitative estimate of drug-likeness (QED) is 0.450. The molecular weight excluding hydrogens is 152 g/mol. The maximum atomic E-state index is 10.2. The van der Waals surface area contributed by atoms with Crippen molar-refractivity contribution < 1.29 is 4.92 Å². The van der Waals surface area contributed by atoms with E-state index in [0.29, 0.717) is 11.3 Å². The summed E-state index contributed by atoms with van der Waals surface area (Å²) >= 11 is 1.12. The standard InChI is InChI=1S/C5H6N2O2S/c1-3-2-10-5(4(3)6)7(8)9/h1-2,6H2. The van der Waals surface area contributed by atoms with Crippen LogP contribution in [0.2, 0.25) is 0 Å². The molecule has 0 saturated carbocycles. The molecule has 1 heterocycles. The Morgan fingerprint density at radius 3 is 2.60 bits per heavy atom. The van der Waals surface area contributed by atoms with Crippen LogP contribution in [0.4, 0.5) is 0 Å². The Morgan fingerprint density at radius 1 is 1.80 bits per heavy atom. The first-order valence-electron chi connectivity index (χ1n) is 2.58. The van der Waals surface area contributed by atoms with Crippen LogP contribution in [0, 0.1) is 10.1 Å². The third-order valence-corrected chi connectivity index (χ3v) is 2.30. The van der Waals surface area contributed by atoms with Crippen molar-refractivity contribution in [3.05, 3.63) is 33.0 Å². The molecule has 0 aromatic heterocycles. The molecule has 0 atom stereocenters. The van der Waals surface area contributed by atoms with Gasteiger partial charge in [-0.15, -0.1) is 0 Å². The molecule has 1 aliphatic rings. The summed E-state index contributed by atoms with van der Waals surface area (Å²) in [4.78, 5) is 9.69. The Bertz CT molecular complexity index is 234. The SMILES string of the molecule is C=C1CSC([N+](=O)[O-])=C1N. The number of nitro groups is 1. The van der Waals surface area contributed by atoms with Crippen molar-refractivity contribution >= 4 is 11.8 Å². The van der Waals surface area contributed by atoms with Crippen molar-refractivity contribution in [2.45, 2.75) is 0 Å². The van der Waals surface area contributed by atoms with Gasteiger partial charge in [-0.3, -0.25) is 10.1 Å². The Labute approximate surface area is 61.9 Å². The molecule has 0 bridgehead atoms. The van der Waals surface area contributed by atoms with E-state index in [4.69, 9.17) is 5.73 Å². The lowest BCUT2D eigenvalue weighted by molar-refractivity contribution is -0.411. The fourth-order valence-corrected chi connectivity index (χ4v) is 1.48. The first-order valence-corrected chi connectivity index (χ1v) is 3.56. The molecule has 0 fully saturated rings. The van der Waals surface area contributed by atoms with E-state index in [9.17, 15) is 10.1 Å². The molecule has 0 spiro atoms. The van der Waals surface area contributed by atoms with Gasteiger partial charge in [0.2, 0.25) is 0 Å². The third kappa shape index (κ3) is 0.995. The molecule has 1 aliphatic heterocycles. The molecule has 4 nitrogen and oxygen atoms in total. The van der Waals surface area contributed by atoms with Crippen molar-refractivity contribution in [1.29, 1.82) is 0 Å². The van der Waals surface area contributed by atoms with Crippen molar-refractivity contribution in [3.63, 3.8) is 0 Å². The number of allylic oxidation sites excluding steroid dienone is 1. The molecule has 54 valence electrons. The summed E-state index contributed by atoms with van der Waals surface area (Å²) < 4.78 is 0.